The maximum Gasteiger partial charge on any atom is 0.475 e. The lowest BCUT2D eigenvalue weighted by molar-refractivity contribution is 0.0693. The zero-order valence-electron chi connectivity index (χ0n) is 15.7. The SMILES string of the molecule is NCCNCc1ccc(C(=O)N[C@@H](Cc2cccc(C(=O)O)c2O)B(O)O)cc1. The van der Waals surface area contributed by atoms with E-state index in [9.17, 15) is 24.7 Å². The molecule has 0 unspecified atom stereocenters. The topological polar surface area (TPSA) is 165 Å². The zero-order valence-corrected chi connectivity index (χ0v) is 15.7. The van der Waals surface area contributed by atoms with Gasteiger partial charge in [0.1, 0.15) is 11.3 Å². The molecule has 0 saturated heterocycles. The van der Waals surface area contributed by atoms with Crippen molar-refractivity contribution in [1.82, 2.24) is 10.6 Å². The molecule has 0 fully saturated rings. The molecule has 0 aliphatic heterocycles. The van der Waals surface area contributed by atoms with Crippen molar-refractivity contribution in [2.24, 2.45) is 5.73 Å². The first-order valence-corrected chi connectivity index (χ1v) is 9.04. The maximum atomic E-state index is 12.5. The van der Waals surface area contributed by atoms with Crippen LogP contribution in [0.4, 0.5) is 0 Å². The Kier molecular flexibility index (Phi) is 8.16. The van der Waals surface area contributed by atoms with Crippen LogP contribution in [-0.4, -0.2) is 58.3 Å². The molecule has 0 aliphatic carbocycles. The average Bonchev–Trinajstić information content (AvgIpc) is 2.69. The monoisotopic (exact) mass is 401 g/mol. The van der Waals surface area contributed by atoms with Crippen LogP contribution in [0.25, 0.3) is 0 Å². The third-order valence-corrected chi connectivity index (χ3v) is 4.33. The second-order valence-electron chi connectivity index (χ2n) is 6.48. The lowest BCUT2D eigenvalue weighted by Gasteiger charge is -2.19. The molecule has 10 heteroatoms. The summed E-state index contributed by atoms with van der Waals surface area (Å²) in [5.41, 5.74) is 6.56. The predicted molar refractivity (Wildman–Crippen MR) is 107 cm³/mol. The smallest absolute Gasteiger partial charge is 0.475 e. The highest BCUT2D eigenvalue weighted by Crippen LogP contribution is 2.24. The van der Waals surface area contributed by atoms with Gasteiger partial charge in [0, 0.05) is 25.2 Å². The number of para-hydroxylation sites is 1. The lowest BCUT2D eigenvalue weighted by atomic mass is 9.75. The number of carboxylic acid groups (broad SMARTS) is 1. The van der Waals surface area contributed by atoms with Crippen LogP contribution in [-0.2, 0) is 13.0 Å². The van der Waals surface area contributed by atoms with Crippen molar-refractivity contribution >= 4 is 19.0 Å². The summed E-state index contributed by atoms with van der Waals surface area (Å²) in [5, 5.41) is 44.1. The molecule has 1 atom stereocenters. The van der Waals surface area contributed by atoms with Crippen molar-refractivity contribution in [2.75, 3.05) is 13.1 Å². The van der Waals surface area contributed by atoms with Gasteiger partial charge in [-0.05, 0) is 35.7 Å². The fourth-order valence-corrected chi connectivity index (χ4v) is 2.76. The molecule has 0 spiro atoms. The molecular weight excluding hydrogens is 377 g/mol. The molecule has 1 amide bonds. The summed E-state index contributed by atoms with van der Waals surface area (Å²) < 4.78 is 0. The third-order valence-electron chi connectivity index (χ3n) is 4.33. The summed E-state index contributed by atoms with van der Waals surface area (Å²) in [6, 6.07) is 10.9. The number of amides is 1. The number of rotatable bonds is 10. The van der Waals surface area contributed by atoms with Gasteiger partial charge in [-0.3, -0.25) is 4.79 Å². The van der Waals surface area contributed by atoms with E-state index in [0.717, 1.165) is 5.56 Å². The predicted octanol–water partition coefficient (Wildman–Crippen LogP) is -0.508. The molecule has 2 aromatic carbocycles. The van der Waals surface area contributed by atoms with Gasteiger partial charge in [-0.25, -0.2) is 4.79 Å². The molecule has 0 radical (unpaired) electrons. The van der Waals surface area contributed by atoms with Crippen LogP contribution in [0.5, 0.6) is 5.75 Å². The molecule has 8 N–H and O–H groups in total. The molecule has 0 heterocycles. The summed E-state index contributed by atoms with van der Waals surface area (Å²) in [5.74, 6) is -3.47. The summed E-state index contributed by atoms with van der Waals surface area (Å²) >= 11 is 0. The Morgan fingerprint density at radius 2 is 1.79 bits per heavy atom. The van der Waals surface area contributed by atoms with Gasteiger partial charge in [0.2, 0.25) is 0 Å². The molecule has 0 saturated carbocycles. The Morgan fingerprint density at radius 1 is 1.10 bits per heavy atom. The van der Waals surface area contributed by atoms with Crippen molar-refractivity contribution in [3.8, 4) is 5.75 Å². The summed E-state index contributed by atoms with van der Waals surface area (Å²) in [6.07, 6.45) is -0.169. The minimum absolute atomic E-state index is 0.169. The van der Waals surface area contributed by atoms with E-state index in [4.69, 9.17) is 10.8 Å². The Morgan fingerprint density at radius 3 is 2.38 bits per heavy atom. The first kappa shape index (κ1) is 22.4. The Labute approximate surface area is 168 Å². The van der Waals surface area contributed by atoms with Crippen LogP contribution < -0.4 is 16.4 Å². The van der Waals surface area contributed by atoms with Gasteiger partial charge in [-0.15, -0.1) is 0 Å². The molecule has 0 aliphatic rings. The molecule has 2 rings (SSSR count). The standard InChI is InChI=1S/C19H24BN3O6/c21-8-9-22-11-12-4-6-13(7-5-12)18(25)23-16(20(28)29)10-14-2-1-3-15(17(14)24)19(26)27/h1-7,16,22,24,28-29H,8-11,21H2,(H,23,25)(H,26,27)/t16-/m0/s1. The van der Waals surface area contributed by atoms with Crippen LogP contribution >= 0.6 is 0 Å². The van der Waals surface area contributed by atoms with Crippen molar-refractivity contribution in [1.29, 1.82) is 0 Å². The molecule has 154 valence electrons. The van der Waals surface area contributed by atoms with E-state index in [1.807, 2.05) is 0 Å². The quantitative estimate of drug-likeness (QED) is 0.207. The van der Waals surface area contributed by atoms with Gasteiger partial charge in [0.15, 0.2) is 0 Å². The van der Waals surface area contributed by atoms with Gasteiger partial charge < -0.3 is 36.6 Å². The van der Waals surface area contributed by atoms with Gasteiger partial charge in [-0.1, -0.05) is 24.3 Å². The minimum Gasteiger partial charge on any atom is -0.507 e. The van der Waals surface area contributed by atoms with Crippen molar-refractivity contribution in [3.63, 3.8) is 0 Å². The average molecular weight is 401 g/mol. The highest BCUT2D eigenvalue weighted by Gasteiger charge is 2.28. The number of carbonyl (C=O) groups is 2. The number of aromatic hydroxyl groups is 1. The van der Waals surface area contributed by atoms with E-state index in [0.29, 0.717) is 25.2 Å². The fourth-order valence-electron chi connectivity index (χ4n) is 2.76. The number of hydrogen-bond acceptors (Lipinski definition) is 7. The number of carboxylic acids is 1. The summed E-state index contributed by atoms with van der Waals surface area (Å²) in [7, 11) is -1.91. The number of nitrogens with two attached hydrogens (primary N) is 1. The van der Waals surface area contributed by atoms with E-state index in [1.165, 1.54) is 18.2 Å². The second-order valence-corrected chi connectivity index (χ2v) is 6.48. The lowest BCUT2D eigenvalue weighted by Crippen LogP contribution is -2.47. The third kappa shape index (κ3) is 6.29. The molecular formula is C19H24BN3O6. The highest BCUT2D eigenvalue weighted by molar-refractivity contribution is 6.43. The molecule has 29 heavy (non-hydrogen) atoms. The summed E-state index contributed by atoms with van der Waals surface area (Å²) in [4.78, 5) is 23.6. The number of aromatic carboxylic acids is 1. The first-order chi connectivity index (χ1) is 13.8. The first-order valence-electron chi connectivity index (χ1n) is 9.04. The van der Waals surface area contributed by atoms with Crippen LogP contribution in [0.15, 0.2) is 42.5 Å². The van der Waals surface area contributed by atoms with Crippen LogP contribution in [0, 0.1) is 0 Å². The molecule has 0 bridgehead atoms. The van der Waals surface area contributed by atoms with Crippen LogP contribution in [0.1, 0.15) is 31.8 Å². The van der Waals surface area contributed by atoms with Crippen LogP contribution in [0.3, 0.4) is 0 Å². The molecule has 2 aromatic rings. The van der Waals surface area contributed by atoms with Crippen molar-refractivity contribution in [2.45, 2.75) is 18.9 Å². The number of carbonyl (C=O) groups excluding carboxylic acids is 1. The largest absolute Gasteiger partial charge is 0.507 e. The number of phenols is 1. The van der Waals surface area contributed by atoms with Crippen LogP contribution in [0.2, 0.25) is 0 Å². The van der Waals surface area contributed by atoms with Gasteiger partial charge >= 0.3 is 13.1 Å². The minimum atomic E-state index is -1.91. The normalized spacial score (nSPS) is 11.7. The number of nitrogens with one attached hydrogen (secondary N) is 2. The summed E-state index contributed by atoms with van der Waals surface area (Å²) in [6.45, 7) is 1.81. The van der Waals surface area contributed by atoms with E-state index in [2.05, 4.69) is 10.6 Å². The van der Waals surface area contributed by atoms with Gasteiger partial charge in [0.25, 0.3) is 5.91 Å². The Balaban J connectivity index is 2.08. The second kappa shape index (κ2) is 10.6. The number of benzene rings is 2. The molecule has 9 nitrogen and oxygen atoms in total. The van der Waals surface area contributed by atoms with Gasteiger partial charge in [-0.2, -0.15) is 0 Å². The van der Waals surface area contributed by atoms with E-state index < -0.39 is 30.7 Å². The maximum absolute atomic E-state index is 12.5. The Bertz CT molecular complexity index is 844. The zero-order chi connectivity index (χ0) is 21.4. The Hall–Kier alpha value is -2.92. The van der Waals surface area contributed by atoms with Crippen molar-refractivity contribution in [3.05, 3.63) is 64.7 Å². The van der Waals surface area contributed by atoms with E-state index in [1.54, 1.807) is 24.3 Å². The van der Waals surface area contributed by atoms with Crippen molar-refractivity contribution < 1.29 is 29.9 Å². The van der Waals surface area contributed by atoms with Gasteiger partial charge in [0.05, 0.1) is 5.94 Å². The number of hydrogen-bond donors (Lipinski definition) is 7. The van der Waals surface area contributed by atoms with E-state index in [-0.39, 0.29) is 17.5 Å². The fraction of sp³-hybridized carbons (Fsp3) is 0.263. The molecule has 0 aromatic heterocycles. The van der Waals surface area contributed by atoms with E-state index >= 15 is 0 Å². The highest BCUT2D eigenvalue weighted by atomic mass is 16.4.